The zero-order valence-electron chi connectivity index (χ0n) is 8.83. The molecule has 0 N–H and O–H groups in total. The molecule has 1 atom stereocenters. The van der Waals surface area contributed by atoms with Crippen molar-refractivity contribution in [2.24, 2.45) is 5.92 Å². The Kier molecular flexibility index (Phi) is 5.32. The molecule has 15 heavy (non-hydrogen) atoms. The van der Waals surface area contributed by atoms with E-state index in [9.17, 15) is 4.39 Å². The van der Waals surface area contributed by atoms with E-state index in [2.05, 4.69) is 9.97 Å². The maximum absolute atomic E-state index is 13.6. The molecule has 0 radical (unpaired) electrons. The van der Waals surface area contributed by atoms with Gasteiger partial charge in [-0.15, -0.1) is 23.4 Å². The predicted molar refractivity (Wildman–Crippen MR) is 62.0 cm³/mol. The lowest BCUT2D eigenvalue weighted by atomic mass is 10.3. The van der Waals surface area contributed by atoms with Crippen LogP contribution in [-0.2, 0) is 6.42 Å². The maximum atomic E-state index is 13.6. The van der Waals surface area contributed by atoms with E-state index in [1.807, 2.05) is 13.8 Å². The molecule has 1 rings (SSSR count). The SMILES string of the molecule is CCc1ncnc(SCC(C)CCl)c1F. The molecule has 0 spiro atoms. The molecule has 0 aliphatic carbocycles. The molecular weight excluding hydrogens is 235 g/mol. The van der Waals surface area contributed by atoms with Gasteiger partial charge in [-0.1, -0.05) is 13.8 Å². The molecule has 0 bridgehead atoms. The van der Waals surface area contributed by atoms with E-state index in [4.69, 9.17) is 11.6 Å². The highest BCUT2D eigenvalue weighted by Crippen LogP contribution is 2.23. The lowest BCUT2D eigenvalue weighted by Crippen LogP contribution is -2.02. The van der Waals surface area contributed by atoms with Gasteiger partial charge in [-0.05, 0) is 12.3 Å². The van der Waals surface area contributed by atoms with E-state index in [-0.39, 0.29) is 5.82 Å². The topological polar surface area (TPSA) is 25.8 Å². The van der Waals surface area contributed by atoms with Crippen molar-refractivity contribution in [3.8, 4) is 0 Å². The summed E-state index contributed by atoms with van der Waals surface area (Å²) in [5.74, 6) is 1.43. The van der Waals surface area contributed by atoms with Crippen LogP contribution >= 0.6 is 23.4 Å². The second kappa shape index (κ2) is 6.28. The van der Waals surface area contributed by atoms with Crippen LogP contribution in [0, 0.1) is 11.7 Å². The average Bonchev–Trinajstić information content (AvgIpc) is 2.27. The average molecular weight is 249 g/mol. The van der Waals surface area contributed by atoms with Gasteiger partial charge in [0.2, 0.25) is 0 Å². The number of nitrogens with zero attached hydrogens (tertiary/aromatic N) is 2. The molecule has 1 unspecified atom stereocenters. The Morgan fingerprint density at radius 2 is 2.27 bits per heavy atom. The molecule has 84 valence electrons. The normalized spacial score (nSPS) is 12.8. The third-order valence-electron chi connectivity index (χ3n) is 1.93. The van der Waals surface area contributed by atoms with Crippen molar-refractivity contribution >= 4 is 23.4 Å². The maximum Gasteiger partial charge on any atom is 0.176 e. The first-order valence-electron chi connectivity index (χ1n) is 4.87. The van der Waals surface area contributed by atoms with Crippen LogP contribution in [-0.4, -0.2) is 21.6 Å². The van der Waals surface area contributed by atoms with Crippen LogP contribution in [0.1, 0.15) is 19.5 Å². The quantitative estimate of drug-likeness (QED) is 0.455. The Bertz CT molecular complexity index is 322. The van der Waals surface area contributed by atoms with Gasteiger partial charge in [0.1, 0.15) is 11.4 Å². The van der Waals surface area contributed by atoms with Gasteiger partial charge in [0, 0.05) is 11.6 Å². The summed E-state index contributed by atoms with van der Waals surface area (Å²) >= 11 is 7.08. The van der Waals surface area contributed by atoms with E-state index in [1.54, 1.807) is 0 Å². The molecule has 0 saturated heterocycles. The third-order valence-corrected chi connectivity index (χ3v) is 3.75. The summed E-state index contributed by atoms with van der Waals surface area (Å²) in [4.78, 5) is 7.81. The minimum Gasteiger partial charge on any atom is -0.238 e. The summed E-state index contributed by atoms with van der Waals surface area (Å²) in [6.07, 6.45) is 2.00. The molecule has 2 nitrogen and oxygen atoms in total. The number of hydrogen-bond donors (Lipinski definition) is 0. The number of rotatable bonds is 5. The lowest BCUT2D eigenvalue weighted by Gasteiger charge is -2.07. The number of aromatic nitrogens is 2. The zero-order valence-corrected chi connectivity index (χ0v) is 10.4. The second-order valence-corrected chi connectivity index (χ2v) is 4.68. The number of halogens is 2. The van der Waals surface area contributed by atoms with E-state index in [1.165, 1.54) is 18.1 Å². The van der Waals surface area contributed by atoms with E-state index < -0.39 is 0 Å². The standard InChI is InChI=1S/C10H14ClFN2S/c1-3-8-9(12)10(14-6-13-8)15-5-7(2)4-11/h6-7H,3-5H2,1-2H3. The van der Waals surface area contributed by atoms with Crippen molar-refractivity contribution in [2.45, 2.75) is 25.3 Å². The molecular formula is C10H14ClFN2S. The minimum atomic E-state index is -0.285. The summed E-state index contributed by atoms with van der Waals surface area (Å²) in [5, 5.41) is 0.429. The van der Waals surface area contributed by atoms with Crippen LogP contribution in [0.3, 0.4) is 0 Å². The van der Waals surface area contributed by atoms with Crippen molar-refractivity contribution < 1.29 is 4.39 Å². The fraction of sp³-hybridized carbons (Fsp3) is 0.600. The molecule has 1 aromatic rings. The molecule has 0 aliphatic rings. The second-order valence-electron chi connectivity index (χ2n) is 3.36. The number of thioether (sulfide) groups is 1. The predicted octanol–water partition coefficient (Wildman–Crippen LogP) is 3.15. The van der Waals surface area contributed by atoms with Crippen LogP contribution in [0.15, 0.2) is 11.4 Å². The van der Waals surface area contributed by atoms with Crippen molar-refractivity contribution in [3.63, 3.8) is 0 Å². The molecule has 0 saturated carbocycles. The number of hydrogen-bond acceptors (Lipinski definition) is 3. The van der Waals surface area contributed by atoms with Gasteiger partial charge >= 0.3 is 0 Å². The van der Waals surface area contributed by atoms with Crippen molar-refractivity contribution in [1.82, 2.24) is 9.97 Å². The highest BCUT2D eigenvalue weighted by molar-refractivity contribution is 7.99. The Labute approximate surface area is 98.7 Å². The summed E-state index contributed by atoms with van der Waals surface area (Å²) in [6, 6.07) is 0. The van der Waals surface area contributed by atoms with E-state index >= 15 is 0 Å². The van der Waals surface area contributed by atoms with Gasteiger partial charge in [0.15, 0.2) is 5.82 Å². The first-order valence-corrected chi connectivity index (χ1v) is 6.39. The molecule has 0 fully saturated rings. The Balaban J connectivity index is 2.68. The van der Waals surface area contributed by atoms with E-state index in [0.717, 1.165) is 5.75 Å². The Morgan fingerprint density at radius 3 is 2.87 bits per heavy atom. The first kappa shape index (κ1) is 12.7. The van der Waals surface area contributed by atoms with Crippen LogP contribution in [0.25, 0.3) is 0 Å². The molecule has 0 aliphatic heterocycles. The molecule has 5 heteroatoms. The summed E-state index contributed by atoms with van der Waals surface area (Å²) < 4.78 is 13.6. The van der Waals surface area contributed by atoms with Crippen LogP contribution in [0.4, 0.5) is 4.39 Å². The van der Waals surface area contributed by atoms with Crippen molar-refractivity contribution in [3.05, 3.63) is 17.8 Å². The third kappa shape index (κ3) is 3.61. The fourth-order valence-corrected chi connectivity index (χ4v) is 2.17. The Hall–Kier alpha value is -0.350. The van der Waals surface area contributed by atoms with E-state index in [0.29, 0.717) is 28.9 Å². The van der Waals surface area contributed by atoms with Gasteiger partial charge in [0.05, 0.1) is 5.69 Å². The molecule has 1 heterocycles. The minimum absolute atomic E-state index is 0.285. The molecule has 1 aromatic heterocycles. The highest BCUT2D eigenvalue weighted by atomic mass is 35.5. The highest BCUT2D eigenvalue weighted by Gasteiger charge is 2.11. The van der Waals surface area contributed by atoms with Gasteiger partial charge < -0.3 is 0 Å². The van der Waals surface area contributed by atoms with Gasteiger partial charge in [-0.25, -0.2) is 14.4 Å². The van der Waals surface area contributed by atoms with Gasteiger partial charge in [-0.2, -0.15) is 0 Å². The van der Waals surface area contributed by atoms with Crippen LogP contribution in [0.5, 0.6) is 0 Å². The lowest BCUT2D eigenvalue weighted by molar-refractivity contribution is 0.559. The first-order chi connectivity index (χ1) is 7.19. The zero-order chi connectivity index (χ0) is 11.3. The number of aryl methyl sites for hydroxylation is 1. The molecule has 0 amide bonds. The van der Waals surface area contributed by atoms with Gasteiger partial charge in [0.25, 0.3) is 0 Å². The molecule has 0 aromatic carbocycles. The van der Waals surface area contributed by atoms with Crippen LogP contribution in [0.2, 0.25) is 0 Å². The van der Waals surface area contributed by atoms with Crippen molar-refractivity contribution in [2.75, 3.05) is 11.6 Å². The fourth-order valence-electron chi connectivity index (χ4n) is 1.00. The summed E-state index contributed by atoms with van der Waals surface area (Å²) in [7, 11) is 0. The summed E-state index contributed by atoms with van der Waals surface area (Å²) in [6.45, 7) is 3.90. The largest absolute Gasteiger partial charge is 0.238 e. The summed E-state index contributed by atoms with van der Waals surface area (Å²) in [5.41, 5.74) is 0.478. The Morgan fingerprint density at radius 1 is 1.53 bits per heavy atom. The van der Waals surface area contributed by atoms with Crippen molar-refractivity contribution in [1.29, 1.82) is 0 Å². The van der Waals surface area contributed by atoms with Crippen LogP contribution < -0.4 is 0 Å². The number of alkyl halides is 1. The smallest absolute Gasteiger partial charge is 0.176 e. The van der Waals surface area contributed by atoms with Gasteiger partial charge in [-0.3, -0.25) is 0 Å². The monoisotopic (exact) mass is 248 g/mol.